The molecular formula is C16H16ClN3S. The van der Waals surface area contributed by atoms with Crippen molar-refractivity contribution in [1.82, 2.24) is 4.98 Å². The minimum absolute atomic E-state index is 0.763. The molecule has 0 saturated carbocycles. The standard InChI is InChI=1S/C16H16ClN3S/c1-12-9-14(17)4-5-15(12)20(16-19-7-8-21-16)11-13-3-2-6-18-10-13/h2-6,9-10H,7-8,11H2,1H3. The molecule has 2 aromatic rings. The Balaban J connectivity index is 1.96. The van der Waals surface area contributed by atoms with E-state index in [1.165, 1.54) is 5.56 Å². The Morgan fingerprint density at radius 3 is 2.90 bits per heavy atom. The molecule has 5 heteroatoms. The second-order valence-electron chi connectivity index (χ2n) is 4.89. The topological polar surface area (TPSA) is 28.5 Å². The van der Waals surface area contributed by atoms with Gasteiger partial charge in [-0.25, -0.2) is 0 Å². The van der Waals surface area contributed by atoms with Gasteiger partial charge >= 0.3 is 0 Å². The molecule has 0 fully saturated rings. The summed E-state index contributed by atoms with van der Waals surface area (Å²) in [6.07, 6.45) is 3.70. The van der Waals surface area contributed by atoms with Crippen molar-refractivity contribution in [2.24, 2.45) is 4.99 Å². The van der Waals surface area contributed by atoms with Crippen LogP contribution in [0.2, 0.25) is 5.02 Å². The average molecular weight is 318 g/mol. The van der Waals surface area contributed by atoms with E-state index >= 15 is 0 Å². The van der Waals surface area contributed by atoms with Crippen molar-refractivity contribution < 1.29 is 0 Å². The maximum atomic E-state index is 6.08. The molecule has 0 saturated heterocycles. The van der Waals surface area contributed by atoms with Crippen LogP contribution in [0.25, 0.3) is 0 Å². The number of pyridine rings is 1. The Hall–Kier alpha value is -1.52. The van der Waals surface area contributed by atoms with Gasteiger partial charge in [0, 0.05) is 28.9 Å². The Morgan fingerprint density at radius 1 is 1.33 bits per heavy atom. The lowest BCUT2D eigenvalue weighted by Gasteiger charge is -2.26. The second-order valence-corrected chi connectivity index (χ2v) is 6.39. The van der Waals surface area contributed by atoms with E-state index in [4.69, 9.17) is 11.6 Å². The quantitative estimate of drug-likeness (QED) is 0.851. The van der Waals surface area contributed by atoms with Crippen LogP contribution < -0.4 is 4.90 Å². The molecule has 0 atom stereocenters. The van der Waals surface area contributed by atoms with E-state index in [0.29, 0.717) is 0 Å². The van der Waals surface area contributed by atoms with Gasteiger partial charge in [0.2, 0.25) is 0 Å². The van der Waals surface area contributed by atoms with E-state index in [1.54, 1.807) is 18.0 Å². The van der Waals surface area contributed by atoms with E-state index in [0.717, 1.165) is 40.3 Å². The van der Waals surface area contributed by atoms with Crippen LogP contribution in [-0.2, 0) is 6.54 Å². The van der Waals surface area contributed by atoms with Gasteiger partial charge in [-0.1, -0.05) is 29.4 Å². The molecule has 1 aliphatic rings. The Kier molecular flexibility index (Phi) is 4.46. The molecule has 0 unspecified atom stereocenters. The fourth-order valence-electron chi connectivity index (χ4n) is 2.34. The molecule has 1 aromatic carbocycles. The molecule has 108 valence electrons. The predicted octanol–water partition coefficient (Wildman–Crippen LogP) is 4.15. The van der Waals surface area contributed by atoms with Crippen LogP contribution in [0.5, 0.6) is 0 Å². The molecule has 0 amide bonds. The van der Waals surface area contributed by atoms with Crippen LogP contribution in [-0.4, -0.2) is 22.4 Å². The summed E-state index contributed by atoms with van der Waals surface area (Å²) >= 11 is 7.88. The first kappa shape index (κ1) is 14.4. The van der Waals surface area contributed by atoms with Crippen molar-refractivity contribution in [1.29, 1.82) is 0 Å². The number of thioether (sulfide) groups is 1. The van der Waals surface area contributed by atoms with E-state index < -0.39 is 0 Å². The number of benzene rings is 1. The van der Waals surface area contributed by atoms with Crippen molar-refractivity contribution in [3.63, 3.8) is 0 Å². The summed E-state index contributed by atoms with van der Waals surface area (Å²) in [5.74, 6) is 1.05. The third-order valence-corrected chi connectivity index (χ3v) is 4.54. The lowest BCUT2D eigenvalue weighted by atomic mass is 10.1. The smallest absolute Gasteiger partial charge is 0.164 e. The van der Waals surface area contributed by atoms with E-state index in [1.807, 2.05) is 24.4 Å². The first-order chi connectivity index (χ1) is 10.2. The molecule has 1 aliphatic heterocycles. The van der Waals surface area contributed by atoms with Crippen molar-refractivity contribution in [3.05, 3.63) is 58.9 Å². The van der Waals surface area contributed by atoms with Gasteiger partial charge in [-0.2, -0.15) is 0 Å². The summed E-state index contributed by atoms with van der Waals surface area (Å²) in [4.78, 5) is 11.1. The first-order valence-corrected chi connectivity index (χ1v) is 8.20. The molecule has 1 aromatic heterocycles. The second kappa shape index (κ2) is 6.50. The number of hydrogen-bond acceptors (Lipinski definition) is 4. The van der Waals surface area contributed by atoms with Gasteiger partial charge in [0.1, 0.15) is 0 Å². The molecule has 0 N–H and O–H groups in total. The number of anilines is 1. The molecule has 0 aliphatic carbocycles. The predicted molar refractivity (Wildman–Crippen MR) is 91.4 cm³/mol. The Labute approximate surface area is 134 Å². The molecule has 0 radical (unpaired) electrons. The molecule has 2 heterocycles. The summed E-state index contributed by atoms with van der Waals surface area (Å²) in [5, 5.41) is 1.84. The van der Waals surface area contributed by atoms with Gasteiger partial charge in [0.25, 0.3) is 0 Å². The fourth-order valence-corrected chi connectivity index (χ4v) is 3.43. The fraction of sp³-hybridized carbons (Fsp3) is 0.250. The summed E-state index contributed by atoms with van der Waals surface area (Å²) < 4.78 is 0. The minimum Gasteiger partial charge on any atom is -0.316 e. The summed E-state index contributed by atoms with van der Waals surface area (Å²) in [6, 6.07) is 10.0. The zero-order valence-corrected chi connectivity index (χ0v) is 13.4. The lowest BCUT2D eigenvalue weighted by Crippen LogP contribution is -2.27. The zero-order valence-electron chi connectivity index (χ0n) is 11.8. The number of amidine groups is 1. The maximum absolute atomic E-state index is 6.08. The van der Waals surface area contributed by atoms with Crippen LogP contribution in [0.15, 0.2) is 47.7 Å². The SMILES string of the molecule is Cc1cc(Cl)ccc1N(Cc1cccnc1)C1=NCCS1. The van der Waals surface area contributed by atoms with Crippen molar-refractivity contribution in [2.45, 2.75) is 13.5 Å². The number of rotatable bonds is 3. The third kappa shape index (κ3) is 3.39. The Morgan fingerprint density at radius 2 is 2.24 bits per heavy atom. The number of nitrogens with zero attached hydrogens (tertiary/aromatic N) is 3. The number of hydrogen-bond donors (Lipinski definition) is 0. The molecule has 3 rings (SSSR count). The first-order valence-electron chi connectivity index (χ1n) is 6.84. The van der Waals surface area contributed by atoms with Crippen LogP contribution in [0.1, 0.15) is 11.1 Å². The summed E-state index contributed by atoms with van der Waals surface area (Å²) in [5.41, 5.74) is 3.47. The van der Waals surface area contributed by atoms with Crippen LogP contribution >= 0.6 is 23.4 Å². The third-order valence-electron chi connectivity index (χ3n) is 3.31. The van der Waals surface area contributed by atoms with Gasteiger partial charge in [-0.15, -0.1) is 0 Å². The molecule has 21 heavy (non-hydrogen) atoms. The van der Waals surface area contributed by atoms with Gasteiger partial charge < -0.3 is 4.90 Å². The van der Waals surface area contributed by atoms with E-state index in [9.17, 15) is 0 Å². The normalized spacial score (nSPS) is 14.1. The number of aliphatic imine (C=N–C) groups is 1. The molecule has 0 bridgehead atoms. The largest absolute Gasteiger partial charge is 0.316 e. The molecule has 0 spiro atoms. The summed E-state index contributed by atoms with van der Waals surface area (Å²) in [7, 11) is 0. The van der Waals surface area contributed by atoms with Crippen molar-refractivity contribution in [3.8, 4) is 0 Å². The average Bonchev–Trinajstić information content (AvgIpc) is 3.00. The highest BCUT2D eigenvalue weighted by atomic mass is 35.5. The number of halogens is 1. The lowest BCUT2D eigenvalue weighted by molar-refractivity contribution is 0.988. The summed E-state index contributed by atoms with van der Waals surface area (Å²) in [6.45, 7) is 3.73. The highest BCUT2D eigenvalue weighted by Gasteiger charge is 2.19. The highest BCUT2D eigenvalue weighted by Crippen LogP contribution is 2.29. The van der Waals surface area contributed by atoms with Gasteiger partial charge in [-0.05, 0) is 42.3 Å². The number of aryl methyl sites for hydroxylation is 1. The van der Waals surface area contributed by atoms with Gasteiger partial charge in [0.05, 0.1) is 13.1 Å². The van der Waals surface area contributed by atoms with E-state index in [-0.39, 0.29) is 0 Å². The van der Waals surface area contributed by atoms with Crippen molar-refractivity contribution >= 4 is 34.2 Å². The monoisotopic (exact) mass is 317 g/mol. The highest BCUT2D eigenvalue weighted by molar-refractivity contribution is 8.14. The number of aromatic nitrogens is 1. The van der Waals surface area contributed by atoms with Gasteiger partial charge in [-0.3, -0.25) is 9.98 Å². The van der Waals surface area contributed by atoms with Crippen LogP contribution in [0.4, 0.5) is 5.69 Å². The Bertz CT molecular complexity index is 658. The molecule has 3 nitrogen and oxygen atoms in total. The van der Waals surface area contributed by atoms with E-state index in [2.05, 4.69) is 33.9 Å². The maximum Gasteiger partial charge on any atom is 0.164 e. The van der Waals surface area contributed by atoms with Crippen molar-refractivity contribution in [2.75, 3.05) is 17.2 Å². The molecular weight excluding hydrogens is 302 g/mol. The zero-order chi connectivity index (χ0) is 14.7. The van der Waals surface area contributed by atoms with Crippen LogP contribution in [0, 0.1) is 6.92 Å². The van der Waals surface area contributed by atoms with Gasteiger partial charge in [0.15, 0.2) is 5.17 Å². The minimum atomic E-state index is 0.763. The van der Waals surface area contributed by atoms with Crippen LogP contribution in [0.3, 0.4) is 0 Å².